The van der Waals surface area contributed by atoms with Crippen molar-refractivity contribution in [3.05, 3.63) is 22.2 Å². The molecule has 0 aliphatic rings. The van der Waals surface area contributed by atoms with Crippen LogP contribution in [-0.4, -0.2) is 17.5 Å². The number of halogens is 2. The zero-order valence-corrected chi connectivity index (χ0v) is 10.4. The minimum absolute atomic E-state index is 0.168. The molecule has 1 N–H and O–H groups in total. The Balaban J connectivity index is 3.07. The van der Waals surface area contributed by atoms with Crippen LogP contribution in [0.1, 0.15) is 5.56 Å². The van der Waals surface area contributed by atoms with Crippen molar-refractivity contribution < 1.29 is 9.84 Å². The van der Waals surface area contributed by atoms with E-state index in [0.717, 1.165) is 17.3 Å². The number of aryl methyl sites for hydroxylation is 1. The van der Waals surface area contributed by atoms with Gasteiger partial charge < -0.3 is 9.84 Å². The largest absolute Gasteiger partial charge is 0.503 e. The molecule has 0 spiro atoms. The molecule has 0 unspecified atom stereocenters. The van der Waals surface area contributed by atoms with Crippen LogP contribution in [0.2, 0.25) is 0 Å². The number of methoxy groups -OCH3 is 1. The lowest BCUT2D eigenvalue weighted by Crippen LogP contribution is -1.91. The predicted octanol–water partition coefficient (Wildman–Crippen LogP) is 3.10. The molecule has 0 aliphatic carbocycles. The van der Waals surface area contributed by atoms with E-state index in [2.05, 4.69) is 31.9 Å². The van der Waals surface area contributed by atoms with Gasteiger partial charge in [-0.15, -0.1) is 0 Å². The molecule has 0 fully saturated rings. The van der Waals surface area contributed by atoms with E-state index in [1.165, 1.54) is 7.11 Å². The van der Waals surface area contributed by atoms with Gasteiger partial charge in [-0.25, -0.2) is 0 Å². The van der Waals surface area contributed by atoms with Crippen molar-refractivity contribution in [1.29, 1.82) is 0 Å². The third-order valence-corrected chi connectivity index (χ3v) is 3.02. The predicted molar refractivity (Wildman–Crippen MR) is 59.9 cm³/mol. The van der Waals surface area contributed by atoms with Crippen LogP contribution >= 0.6 is 31.9 Å². The van der Waals surface area contributed by atoms with Gasteiger partial charge in [-0.05, 0) is 34.0 Å². The first-order chi connectivity index (χ1) is 6.20. The van der Waals surface area contributed by atoms with E-state index < -0.39 is 0 Å². The Labute approximate surface area is 94.2 Å². The molecule has 4 heteroatoms. The summed E-state index contributed by atoms with van der Waals surface area (Å²) in [5.74, 6) is 0.658. The topological polar surface area (TPSA) is 29.5 Å². The zero-order chi connectivity index (χ0) is 9.84. The molecule has 0 bridgehead atoms. The van der Waals surface area contributed by atoms with Crippen LogP contribution in [0.15, 0.2) is 16.6 Å². The third-order valence-electron chi connectivity index (χ3n) is 1.74. The number of hydrogen-bond acceptors (Lipinski definition) is 2. The summed E-state index contributed by atoms with van der Waals surface area (Å²) in [6.07, 6.45) is 0.873. The Morgan fingerprint density at radius 2 is 2.15 bits per heavy atom. The molecular weight excluding hydrogens is 300 g/mol. The molecule has 72 valence electrons. The molecule has 0 heterocycles. The van der Waals surface area contributed by atoms with Gasteiger partial charge in [-0.3, -0.25) is 0 Å². The van der Waals surface area contributed by atoms with Crippen molar-refractivity contribution in [3.63, 3.8) is 0 Å². The van der Waals surface area contributed by atoms with Crippen LogP contribution in [0.5, 0.6) is 11.5 Å². The van der Waals surface area contributed by atoms with Gasteiger partial charge in [0.15, 0.2) is 11.5 Å². The SMILES string of the molecule is COc1ccc(CCBr)c(Br)c1O. The van der Waals surface area contributed by atoms with Crippen LogP contribution < -0.4 is 4.74 Å². The van der Waals surface area contributed by atoms with Crippen LogP contribution in [0.25, 0.3) is 0 Å². The zero-order valence-electron chi connectivity index (χ0n) is 7.18. The molecule has 0 saturated heterocycles. The quantitative estimate of drug-likeness (QED) is 0.869. The molecule has 0 radical (unpaired) electrons. The lowest BCUT2D eigenvalue weighted by Gasteiger charge is -2.08. The molecular formula is C9H10Br2O2. The third kappa shape index (κ3) is 2.38. The highest BCUT2D eigenvalue weighted by atomic mass is 79.9. The Bertz CT molecular complexity index is 300. The summed E-state index contributed by atoms with van der Waals surface area (Å²) in [4.78, 5) is 0. The van der Waals surface area contributed by atoms with Gasteiger partial charge >= 0.3 is 0 Å². The Kier molecular flexibility index (Phi) is 4.06. The van der Waals surface area contributed by atoms with Gasteiger partial charge in [0.25, 0.3) is 0 Å². The number of phenols is 1. The maximum atomic E-state index is 9.62. The molecule has 0 saturated carbocycles. The van der Waals surface area contributed by atoms with Gasteiger partial charge in [-0.1, -0.05) is 22.0 Å². The van der Waals surface area contributed by atoms with Crippen LogP contribution in [0, 0.1) is 0 Å². The second-order valence-electron chi connectivity index (χ2n) is 2.53. The Morgan fingerprint density at radius 3 is 2.69 bits per heavy atom. The lowest BCUT2D eigenvalue weighted by atomic mass is 10.1. The maximum Gasteiger partial charge on any atom is 0.172 e. The Hall–Kier alpha value is -0.220. The molecule has 13 heavy (non-hydrogen) atoms. The molecule has 2 nitrogen and oxygen atoms in total. The Morgan fingerprint density at radius 1 is 1.46 bits per heavy atom. The van der Waals surface area contributed by atoms with Gasteiger partial charge in [0, 0.05) is 5.33 Å². The molecule has 1 aromatic carbocycles. The summed E-state index contributed by atoms with van der Waals surface area (Å²) in [6, 6.07) is 3.70. The number of hydrogen-bond donors (Lipinski definition) is 1. The van der Waals surface area contributed by atoms with Crippen LogP contribution in [0.3, 0.4) is 0 Å². The average Bonchev–Trinajstić information content (AvgIpc) is 2.14. The van der Waals surface area contributed by atoms with Gasteiger partial charge in [0.2, 0.25) is 0 Å². The first kappa shape index (κ1) is 10.9. The van der Waals surface area contributed by atoms with Crippen molar-refractivity contribution in [2.45, 2.75) is 6.42 Å². The number of ether oxygens (including phenoxy) is 1. The highest BCUT2D eigenvalue weighted by Crippen LogP contribution is 2.36. The monoisotopic (exact) mass is 308 g/mol. The fourth-order valence-corrected chi connectivity index (χ4v) is 2.00. The summed E-state index contributed by atoms with van der Waals surface area (Å²) >= 11 is 6.67. The van der Waals surface area contributed by atoms with Crippen molar-refractivity contribution in [1.82, 2.24) is 0 Å². The van der Waals surface area contributed by atoms with Crippen molar-refractivity contribution >= 4 is 31.9 Å². The molecule has 0 aromatic heterocycles. The van der Waals surface area contributed by atoms with E-state index in [1.807, 2.05) is 6.07 Å². The smallest absolute Gasteiger partial charge is 0.172 e. The fourth-order valence-electron chi connectivity index (χ4n) is 1.05. The molecule has 0 amide bonds. The summed E-state index contributed by atoms with van der Waals surface area (Å²) in [5.41, 5.74) is 1.06. The summed E-state index contributed by atoms with van der Waals surface area (Å²) in [7, 11) is 1.53. The summed E-state index contributed by atoms with van der Waals surface area (Å²) in [6.45, 7) is 0. The van der Waals surface area contributed by atoms with Gasteiger partial charge in [-0.2, -0.15) is 0 Å². The molecule has 1 rings (SSSR count). The molecule has 0 aliphatic heterocycles. The van der Waals surface area contributed by atoms with E-state index in [9.17, 15) is 5.11 Å². The van der Waals surface area contributed by atoms with Crippen molar-refractivity contribution in [2.75, 3.05) is 12.4 Å². The highest BCUT2D eigenvalue weighted by molar-refractivity contribution is 9.10. The van der Waals surface area contributed by atoms with Gasteiger partial charge in [0.05, 0.1) is 11.6 Å². The standard InChI is InChI=1S/C9H10Br2O2/c1-13-7-3-2-6(4-5-10)8(11)9(7)12/h2-3,12H,4-5H2,1H3. The number of phenolic OH excluding ortho intramolecular Hbond substituents is 1. The van der Waals surface area contributed by atoms with Crippen LogP contribution in [0.4, 0.5) is 0 Å². The summed E-state index contributed by atoms with van der Waals surface area (Å²) in [5, 5.41) is 10.5. The summed E-state index contributed by atoms with van der Waals surface area (Å²) < 4.78 is 5.68. The fraction of sp³-hybridized carbons (Fsp3) is 0.333. The number of rotatable bonds is 3. The normalized spacial score (nSPS) is 10.1. The van der Waals surface area contributed by atoms with Crippen molar-refractivity contribution in [3.8, 4) is 11.5 Å². The van der Waals surface area contributed by atoms with E-state index in [4.69, 9.17) is 4.74 Å². The van der Waals surface area contributed by atoms with E-state index in [-0.39, 0.29) is 5.75 Å². The maximum absolute atomic E-state index is 9.62. The lowest BCUT2D eigenvalue weighted by molar-refractivity contribution is 0.371. The molecule has 0 atom stereocenters. The number of aromatic hydroxyl groups is 1. The average molecular weight is 310 g/mol. The number of benzene rings is 1. The first-order valence-electron chi connectivity index (χ1n) is 3.81. The highest BCUT2D eigenvalue weighted by Gasteiger charge is 2.09. The first-order valence-corrected chi connectivity index (χ1v) is 5.72. The second kappa shape index (κ2) is 4.86. The van der Waals surface area contributed by atoms with E-state index in [1.54, 1.807) is 6.07 Å². The molecule has 1 aromatic rings. The van der Waals surface area contributed by atoms with Crippen molar-refractivity contribution in [2.24, 2.45) is 0 Å². The van der Waals surface area contributed by atoms with Crippen LogP contribution in [-0.2, 0) is 6.42 Å². The van der Waals surface area contributed by atoms with Gasteiger partial charge in [0.1, 0.15) is 0 Å². The van der Waals surface area contributed by atoms with E-state index in [0.29, 0.717) is 10.2 Å². The second-order valence-corrected chi connectivity index (χ2v) is 4.11. The minimum atomic E-state index is 0.168. The minimum Gasteiger partial charge on any atom is -0.503 e. The van der Waals surface area contributed by atoms with E-state index >= 15 is 0 Å². The number of alkyl halides is 1.